The van der Waals surface area contributed by atoms with Crippen molar-refractivity contribution in [2.45, 2.75) is 25.3 Å². The molecule has 2 aromatic rings. The smallest absolute Gasteiger partial charge is 0.183 e. The number of anilines is 1. The zero-order valence-corrected chi connectivity index (χ0v) is 12.9. The first-order valence-corrected chi connectivity index (χ1v) is 7.96. The first kappa shape index (κ1) is 13.6. The van der Waals surface area contributed by atoms with Crippen LogP contribution in [0.25, 0.3) is 10.2 Å². The average molecular weight is 291 g/mol. The number of methoxy groups -OCH3 is 1. The maximum absolute atomic E-state index is 5.25. The monoisotopic (exact) mass is 291 g/mol. The van der Waals surface area contributed by atoms with Gasteiger partial charge in [0.25, 0.3) is 0 Å². The van der Waals surface area contributed by atoms with Crippen LogP contribution in [0.3, 0.4) is 0 Å². The van der Waals surface area contributed by atoms with Crippen LogP contribution < -0.4 is 10.1 Å². The van der Waals surface area contributed by atoms with Crippen molar-refractivity contribution in [1.82, 2.24) is 9.88 Å². The number of likely N-dealkylation sites (N-methyl/N-ethyl adjacent to an activating group) is 1. The van der Waals surface area contributed by atoms with Gasteiger partial charge in [0.15, 0.2) is 5.13 Å². The summed E-state index contributed by atoms with van der Waals surface area (Å²) in [5.74, 6) is 0.889. The van der Waals surface area contributed by atoms with Crippen LogP contribution in [0.1, 0.15) is 19.3 Å². The van der Waals surface area contributed by atoms with E-state index in [1.165, 1.54) is 30.5 Å². The second-order valence-electron chi connectivity index (χ2n) is 5.36. The number of hydrogen-bond acceptors (Lipinski definition) is 5. The van der Waals surface area contributed by atoms with Crippen molar-refractivity contribution in [3.05, 3.63) is 18.2 Å². The van der Waals surface area contributed by atoms with Crippen LogP contribution in [-0.2, 0) is 0 Å². The number of fused-ring (bicyclic) bond motifs is 1. The summed E-state index contributed by atoms with van der Waals surface area (Å²) in [7, 11) is 3.91. The van der Waals surface area contributed by atoms with Crippen LogP contribution in [0, 0.1) is 0 Å². The second kappa shape index (κ2) is 5.97. The number of likely N-dealkylation sites (tertiary alicyclic amines) is 1. The van der Waals surface area contributed by atoms with Crippen molar-refractivity contribution < 1.29 is 4.74 Å². The molecule has 1 aliphatic heterocycles. The van der Waals surface area contributed by atoms with E-state index >= 15 is 0 Å². The molecular formula is C15H21N3OS. The number of rotatable bonds is 4. The summed E-state index contributed by atoms with van der Waals surface area (Å²) in [5, 5.41) is 4.50. The van der Waals surface area contributed by atoms with Crippen LogP contribution in [0.5, 0.6) is 5.75 Å². The van der Waals surface area contributed by atoms with Gasteiger partial charge in [0, 0.05) is 12.6 Å². The van der Waals surface area contributed by atoms with Gasteiger partial charge in [-0.2, -0.15) is 0 Å². The third kappa shape index (κ3) is 2.88. The number of ether oxygens (including phenoxy) is 1. The lowest BCUT2D eigenvalue weighted by Gasteiger charge is -2.32. The minimum atomic E-state index is 0.630. The quantitative estimate of drug-likeness (QED) is 0.938. The Morgan fingerprint density at radius 2 is 2.35 bits per heavy atom. The van der Waals surface area contributed by atoms with Gasteiger partial charge in [-0.15, -0.1) is 0 Å². The number of benzene rings is 1. The summed E-state index contributed by atoms with van der Waals surface area (Å²) in [6, 6.07) is 6.65. The molecule has 2 heterocycles. The van der Waals surface area contributed by atoms with Crippen molar-refractivity contribution in [3.8, 4) is 5.75 Å². The summed E-state index contributed by atoms with van der Waals surface area (Å²) in [6.07, 6.45) is 3.95. The Balaban J connectivity index is 1.68. The van der Waals surface area contributed by atoms with Gasteiger partial charge < -0.3 is 15.0 Å². The van der Waals surface area contributed by atoms with Crippen molar-refractivity contribution in [2.75, 3.05) is 32.6 Å². The normalized spacial score (nSPS) is 20.2. The fourth-order valence-electron chi connectivity index (χ4n) is 2.71. The Hall–Kier alpha value is -1.33. The molecule has 1 fully saturated rings. The van der Waals surface area contributed by atoms with E-state index in [0.29, 0.717) is 6.04 Å². The average Bonchev–Trinajstić information content (AvgIpc) is 2.88. The highest BCUT2D eigenvalue weighted by molar-refractivity contribution is 7.22. The van der Waals surface area contributed by atoms with Gasteiger partial charge in [-0.3, -0.25) is 0 Å². The van der Waals surface area contributed by atoms with E-state index in [2.05, 4.69) is 22.2 Å². The summed E-state index contributed by atoms with van der Waals surface area (Å²) < 4.78 is 6.42. The number of hydrogen-bond donors (Lipinski definition) is 1. The molecule has 1 aliphatic rings. The van der Waals surface area contributed by atoms with E-state index in [9.17, 15) is 0 Å². The minimum absolute atomic E-state index is 0.630. The highest BCUT2D eigenvalue weighted by Crippen LogP contribution is 2.29. The van der Waals surface area contributed by atoms with Crippen molar-refractivity contribution in [3.63, 3.8) is 0 Å². The number of aromatic nitrogens is 1. The van der Waals surface area contributed by atoms with Gasteiger partial charge >= 0.3 is 0 Å². The summed E-state index contributed by atoms with van der Waals surface area (Å²) in [5.41, 5.74) is 1.04. The third-order valence-corrected chi connectivity index (χ3v) is 4.98. The lowest BCUT2D eigenvalue weighted by Crippen LogP contribution is -2.40. The van der Waals surface area contributed by atoms with Crippen LogP contribution in [0.15, 0.2) is 18.2 Å². The SMILES string of the molecule is COc1ccc2nc(NCC3CCCCN3C)sc2c1. The minimum Gasteiger partial charge on any atom is -0.497 e. The molecule has 5 heteroatoms. The fourth-order valence-corrected chi connectivity index (χ4v) is 3.62. The number of nitrogens with one attached hydrogen (secondary N) is 1. The largest absolute Gasteiger partial charge is 0.497 e. The highest BCUT2D eigenvalue weighted by atomic mass is 32.1. The van der Waals surface area contributed by atoms with Crippen molar-refractivity contribution in [1.29, 1.82) is 0 Å². The van der Waals surface area contributed by atoms with Crippen LogP contribution in [0.2, 0.25) is 0 Å². The van der Waals surface area contributed by atoms with Crippen LogP contribution >= 0.6 is 11.3 Å². The van der Waals surface area contributed by atoms with Crippen molar-refractivity contribution in [2.24, 2.45) is 0 Å². The first-order chi connectivity index (χ1) is 9.76. The van der Waals surface area contributed by atoms with E-state index in [4.69, 9.17) is 4.74 Å². The molecule has 1 saturated heterocycles. The first-order valence-electron chi connectivity index (χ1n) is 7.15. The Labute approximate surface area is 123 Å². The Morgan fingerprint density at radius 3 is 3.15 bits per heavy atom. The maximum atomic E-state index is 5.25. The predicted octanol–water partition coefficient (Wildman–Crippen LogP) is 3.20. The number of nitrogens with zero attached hydrogens (tertiary/aromatic N) is 2. The lowest BCUT2D eigenvalue weighted by atomic mass is 10.0. The molecular weight excluding hydrogens is 270 g/mol. The fraction of sp³-hybridized carbons (Fsp3) is 0.533. The van der Waals surface area contributed by atoms with Gasteiger partial charge in [-0.25, -0.2) is 4.98 Å². The van der Waals surface area contributed by atoms with E-state index in [-0.39, 0.29) is 0 Å². The zero-order valence-electron chi connectivity index (χ0n) is 12.1. The molecule has 1 N–H and O–H groups in total. The Bertz CT molecular complexity index is 584. The molecule has 1 aromatic heterocycles. The molecule has 3 rings (SSSR count). The summed E-state index contributed by atoms with van der Waals surface area (Å²) in [6.45, 7) is 2.19. The van der Waals surface area contributed by atoms with E-state index in [1.54, 1.807) is 18.4 Å². The molecule has 1 aromatic carbocycles. The van der Waals surface area contributed by atoms with Gasteiger partial charge in [-0.05, 0) is 44.6 Å². The molecule has 0 saturated carbocycles. The highest BCUT2D eigenvalue weighted by Gasteiger charge is 2.18. The molecule has 0 radical (unpaired) electrons. The standard InChI is InChI=1S/C15H21N3OS/c1-18-8-4-3-5-11(18)10-16-15-17-13-7-6-12(19-2)9-14(13)20-15/h6-7,9,11H,3-5,8,10H2,1-2H3,(H,16,17). The van der Waals surface area contributed by atoms with Crippen LogP contribution in [-0.4, -0.2) is 43.2 Å². The lowest BCUT2D eigenvalue weighted by molar-refractivity contribution is 0.194. The molecule has 4 nitrogen and oxygen atoms in total. The third-order valence-electron chi connectivity index (χ3n) is 4.01. The molecule has 1 unspecified atom stereocenters. The molecule has 0 amide bonds. The number of piperidine rings is 1. The van der Waals surface area contributed by atoms with E-state index < -0.39 is 0 Å². The van der Waals surface area contributed by atoms with Gasteiger partial charge in [0.2, 0.25) is 0 Å². The molecule has 0 bridgehead atoms. The predicted molar refractivity (Wildman–Crippen MR) is 84.9 cm³/mol. The van der Waals surface area contributed by atoms with Gasteiger partial charge in [-0.1, -0.05) is 17.8 Å². The Morgan fingerprint density at radius 1 is 1.45 bits per heavy atom. The zero-order chi connectivity index (χ0) is 13.9. The van der Waals surface area contributed by atoms with Gasteiger partial charge in [0.05, 0.1) is 17.3 Å². The molecule has 1 atom stereocenters. The molecule has 0 aliphatic carbocycles. The molecule has 108 valence electrons. The number of thiazole rings is 1. The Kier molecular flexibility index (Phi) is 4.08. The maximum Gasteiger partial charge on any atom is 0.183 e. The van der Waals surface area contributed by atoms with Gasteiger partial charge in [0.1, 0.15) is 5.75 Å². The molecule has 20 heavy (non-hydrogen) atoms. The van der Waals surface area contributed by atoms with Crippen LogP contribution in [0.4, 0.5) is 5.13 Å². The summed E-state index contributed by atoms with van der Waals surface area (Å²) >= 11 is 1.70. The second-order valence-corrected chi connectivity index (χ2v) is 6.39. The summed E-state index contributed by atoms with van der Waals surface area (Å²) in [4.78, 5) is 7.08. The molecule has 0 spiro atoms. The van der Waals surface area contributed by atoms with E-state index in [1.807, 2.05) is 18.2 Å². The van der Waals surface area contributed by atoms with E-state index in [0.717, 1.165) is 22.9 Å². The van der Waals surface area contributed by atoms with Crippen molar-refractivity contribution >= 4 is 26.7 Å². The topological polar surface area (TPSA) is 37.4 Å².